The fourth-order valence-corrected chi connectivity index (χ4v) is 3.78. The second-order valence-electron chi connectivity index (χ2n) is 6.20. The zero-order valence-corrected chi connectivity index (χ0v) is 14.7. The van der Waals surface area contributed by atoms with Gasteiger partial charge >= 0.3 is 0 Å². The maximum absolute atomic E-state index is 5.64. The molecule has 120 valence electrons. The first-order chi connectivity index (χ1) is 10.7. The van der Waals surface area contributed by atoms with Crippen LogP contribution < -0.4 is 10.6 Å². The van der Waals surface area contributed by atoms with Gasteiger partial charge in [-0.15, -0.1) is 0 Å². The van der Waals surface area contributed by atoms with Crippen LogP contribution in [0.15, 0.2) is 33.7 Å². The fourth-order valence-electron chi connectivity index (χ4n) is 3.07. The Kier molecular flexibility index (Phi) is 5.03. The number of nitrogens with one attached hydrogen (secondary N) is 2. The van der Waals surface area contributed by atoms with Gasteiger partial charge in [-0.05, 0) is 37.3 Å². The lowest BCUT2D eigenvalue weighted by atomic mass is 9.96. The van der Waals surface area contributed by atoms with Crippen LogP contribution in [0.3, 0.4) is 0 Å². The van der Waals surface area contributed by atoms with Crippen molar-refractivity contribution in [3.05, 3.63) is 34.3 Å². The van der Waals surface area contributed by atoms with E-state index in [1.807, 2.05) is 7.05 Å². The number of hydrogen-bond acceptors (Lipinski definition) is 2. The van der Waals surface area contributed by atoms with Gasteiger partial charge in [-0.1, -0.05) is 34.1 Å². The molecule has 2 fully saturated rings. The Morgan fingerprint density at radius 2 is 2.18 bits per heavy atom. The zero-order valence-electron chi connectivity index (χ0n) is 13.1. The second-order valence-corrected chi connectivity index (χ2v) is 7.06. The van der Waals surface area contributed by atoms with Crippen LogP contribution in [-0.2, 0) is 10.2 Å². The van der Waals surface area contributed by atoms with Crippen LogP contribution in [0.4, 0.5) is 0 Å². The molecule has 2 N–H and O–H groups in total. The molecule has 22 heavy (non-hydrogen) atoms. The van der Waals surface area contributed by atoms with Crippen molar-refractivity contribution in [3.63, 3.8) is 0 Å². The molecule has 0 radical (unpaired) electrons. The molecule has 0 spiro atoms. The molecule has 0 aromatic heterocycles. The molecule has 0 bridgehead atoms. The van der Waals surface area contributed by atoms with Crippen LogP contribution in [0.1, 0.15) is 31.2 Å². The largest absolute Gasteiger partial charge is 0.376 e. The van der Waals surface area contributed by atoms with Crippen molar-refractivity contribution in [2.45, 2.75) is 37.2 Å². The number of hydrogen-bond donors (Lipinski definition) is 2. The quantitative estimate of drug-likeness (QED) is 0.622. The Hall–Kier alpha value is -1.07. The Bertz CT molecular complexity index is 536. The first-order valence-electron chi connectivity index (χ1n) is 8.05. The van der Waals surface area contributed by atoms with E-state index in [9.17, 15) is 0 Å². The first kappa shape index (κ1) is 15.8. The van der Waals surface area contributed by atoms with Gasteiger partial charge in [-0.2, -0.15) is 0 Å². The number of nitrogens with zero attached hydrogens (tertiary/aromatic N) is 1. The summed E-state index contributed by atoms with van der Waals surface area (Å²) in [6.07, 6.45) is 5.10. The molecule has 1 saturated carbocycles. The third-order valence-electron chi connectivity index (χ3n) is 4.64. The monoisotopic (exact) mass is 365 g/mol. The van der Waals surface area contributed by atoms with Crippen molar-refractivity contribution in [1.29, 1.82) is 0 Å². The molecule has 1 aliphatic carbocycles. The molecule has 5 heteroatoms. The maximum Gasteiger partial charge on any atom is 0.191 e. The summed E-state index contributed by atoms with van der Waals surface area (Å²) in [5.74, 6) is 0.869. The lowest BCUT2D eigenvalue weighted by Crippen LogP contribution is -2.43. The van der Waals surface area contributed by atoms with E-state index in [-0.39, 0.29) is 5.41 Å². The van der Waals surface area contributed by atoms with E-state index in [2.05, 4.69) is 55.8 Å². The summed E-state index contributed by atoms with van der Waals surface area (Å²) in [7, 11) is 1.82. The molecule has 1 atom stereocenters. The van der Waals surface area contributed by atoms with E-state index in [1.54, 1.807) is 0 Å². The van der Waals surface area contributed by atoms with E-state index in [4.69, 9.17) is 4.74 Å². The Morgan fingerprint density at radius 1 is 1.36 bits per heavy atom. The number of aliphatic imine (C=N–C) groups is 1. The molecule has 1 saturated heterocycles. The molecular formula is C17H24BrN3O. The molecule has 1 aromatic carbocycles. The molecule has 1 heterocycles. The first-order valence-corrected chi connectivity index (χ1v) is 8.84. The summed E-state index contributed by atoms with van der Waals surface area (Å²) in [6, 6.07) is 8.53. The van der Waals surface area contributed by atoms with Crippen LogP contribution >= 0.6 is 15.9 Å². The van der Waals surface area contributed by atoms with Crippen LogP contribution in [0.2, 0.25) is 0 Å². The Morgan fingerprint density at radius 3 is 2.82 bits per heavy atom. The highest BCUT2D eigenvalue weighted by Gasteiger charge is 2.45. The molecule has 4 nitrogen and oxygen atoms in total. The Balaban J connectivity index is 1.53. The molecule has 1 aliphatic heterocycles. The van der Waals surface area contributed by atoms with E-state index in [0.29, 0.717) is 6.10 Å². The maximum atomic E-state index is 5.64. The molecule has 0 amide bonds. The van der Waals surface area contributed by atoms with Crippen molar-refractivity contribution in [2.75, 3.05) is 26.7 Å². The van der Waals surface area contributed by atoms with Gasteiger partial charge in [0.2, 0.25) is 0 Å². The van der Waals surface area contributed by atoms with Crippen LogP contribution in [0.25, 0.3) is 0 Å². The van der Waals surface area contributed by atoms with Gasteiger partial charge in [0.1, 0.15) is 0 Å². The normalized spacial score (nSPS) is 23.4. The summed E-state index contributed by atoms with van der Waals surface area (Å²) >= 11 is 3.68. The van der Waals surface area contributed by atoms with Gasteiger partial charge in [0, 0.05) is 36.6 Å². The predicted octanol–water partition coefficient (Wildman–Crippen LogP) is 2.82. The highest BCUT2D eigenvalue weighted by atomic mass is 79.9. The van der Waals surface area contributed by atoms with Crippen LogP contribution in [-0.4, -0.2) is 38.8 Å². The third kappa shape index (κ3) is 3.63. The SMILES string of the molecule is CN=C(NCC1CCCO1)NCC1(c2ccccc2Br)CC1. The summed E-state index contributed by atoms with van der Waals surface area (Å²) in [5.41, 5.74) is 1.65. The smallest absolute Gasteiger partial charge is 0.191 e. The van der Waals surface area contributed by atoms with Gasteiger partial charge in [-0.3, -0.25) is 4.99 Å². The second kappa shape index (κ2) is 7.01. The molecule has 1 aromatic rings. The number of guanidine groups is 1. The zero-order chi connectivity index (χ0) is 15.4. The number of ether oxygens (including phenoxy) is 1. The summed E-state index contributed by atoms with van der Waals surface area (Å²) in [5, 5.41) is 6.86. The van der Waals surface area contributed by atoms with E-state index >= 15 is 0 Å². The lowest BCUT2D eigenvalue weighted by Gasteiger charge is -2.21. The standard InChI is InChI=1S/C17H24BrN3O/c1-19-16(20-11-13-5-4-10-22-13)21-12-17(8-9-17)14-6-2-3-7-15(14)18/h2-3,6-7,13H,4-5,8-12H2,1H3,(H2,19,20,21). The summed E-state index contributed by atoms with van der Waals surface area (Å²) < 4.78 is 6.84. The van der Waals surface area contributed by atoms with Crippen LogP contribution in [0, 0.1) is 0 Å². The van der Waals surface area contributed by atoms with Gasteiger partial charge in [-0.25, -0.2) is 0 Å². The van der Waals surface area contributed by atoms with E-state index in [1.165, 1.54) is 29.3 Å². The van der Waals surface area contributed by atoms with Crippen molar-refractivity contribution < 1.29 is 4.74 Å². The molecule has 2 aliphatic rings. The topological polar surface area (TPSA) is 45.7 Å². The average molecular weight is 366 g/mol. The number of halogens is 1. The molecule has 1 unspecified atom stereocenters. The van der Waals surface area contributed by atoms with Gasteiger partial charge in [0.05, 0.1) is 6.10 Å². The highest BCUT2D eigenvalue weighted by Crippen LogP contribution is 2.49. The van der Waals surface area contributed by atoms with Gasteiger partial charge in [0.25, 0.3) is 0 Å². The van der Waals surface area contributed by atoms with Crippen molar-refractivity contribution in [3.8, 4) is 0 Å². The van der Waals surface area contributed by atoms with E-state index < -0.39 is 0 Å². The molecular weight excluding hydrogens is 342 g/mol. The van der Waals surface area contributed by atoms with Gasteiger partial charge in [0.15, 0.2) is 5.96 Å². The minimum Gasteiger partial charge on any atom is -0.376 e. The molecule has 3 rings (SSSR count). The minimum absolute atomic E-state index is 0.252. The van der Waals surface area contributed by atoms with Crippen molar-refractivity contribution in [1.82, 2.24) is 10.6 Å². The number of benzene rings is 1. The summed E-state index contributed by atoms with van der Waals surface area (Å²) in [4.78, 5) is 4.32. The van der Waals surface area contributed by atoms with Gasteiger partial charge < -0.3 is 15.4 Å². The van der Waals surface area contributed by atoms with Crippen molar-refractivity contribution in [2.24, 2.45) is 4.99 Å². The Labute approximate surface area is 140 Å². The minimum atomic E-state index is 0.252. The lowest BCUT2D eigenvalue weighted by molar-refractivity contribution is 0.114. The van der Waals surface area contributed by atoms with Crippen LogP contribution in [0.5, 0.6) is 0 Å². The van der Waals surface area contributed by atoms with Crippen molar-refractivity contribution >= 4 is 21.9 Å². The average Bonchev–Trinajstić information content (AvgIpc) is 3.13. The highest BCUT2D eigenvalue weighted by molar-refractivity contribution is 9.10. The summed E-state index contributed by atoms with van der Waals surface area (Å²) in [6.45, 7) is 2.64. The number of rotatable bonds is 5. The third-order valence-corrected chi connectivity index (χ3v) is 5.33. The van der Waals surface area contributed by atoms with E-state index in [0.717, 1.165) is 32.1 Å². The fraction of sp³-hybridized carbons (Fsp3) is 0.588. The predicted molar refractivity (Wildman–Crippen MR) is 93.4 cm³/mol.